The van der Waals surface area contributed by atoms with Crippen LogP contribution in [0.1, 0.15) is 58.4 Å². The van der Waals surface area contributed by atoms with E-state index in [-0.39, 0.29) is 11.9 Å². The smallest absolute Gasteiger partial charge is 0.255 e. The Labute approximate surface area is 172 Å². The van der Waals surface area contributed by atoms with Crippen LogP contribution >= 0.6 is 0 Å². The SMILES string of the molecule is CC(NC(=O)c1ccccc1OCc1ccccc1)c1ccc2c(c1)CCCC2. The third-order valence-electron chi connectivity index (χ3n) is 5.59. The molecule has 0 aromatic heterocycles. The maximum Gasteiger partial charge on any atom is 0.255 e. The highest BCUT2D eigenvalue weighted by atomic mass is 16.5. The zero-order chi connectivity index (χ0) is 20.1. The van der Waals surface area contributed by atoms with Crippen LogP contribution in [0, 0.1) is 0 Å². The average molecular weight is 386 g/mol. The fraction of sp³-hybridized carbons (Fsp3) is 0.269. The van der Waals surface area contributed by atoms with Crippen molar-refractivity contribution in [1.82, 2.24) is 5.32 Å². The normalized spacial score (nSPS) is 14.0. The summed E-state index contributed by atoms with van der Waals surface area (Å²) in [7, 11) is 0. The van der Waals surface area contributed by atoms with Gasteiger partial charge in [-0.3, -0.25) is 4.79 Å². The van der Waals surface area contributed by atoms with E-state index in [9.17, 15) is 4.79 Å². The number of hydrogen-bond donors (Lipinski definition) is 1. The number of carbonyl (C=O) groups is 1. The Morgan fingerprint density at radius 3 is 2.48 bits per heavy atom. The Morgan fingerprint density at radius 1 is 0.931 bits per heavy atom. The summed E-state index contributed by atoms with van der Waals surface area (Å²) in [6.45, 7) is 2.47. The zero-order valence-corrected chi connectivity index (χ0v) is 16.9. The highest BCUT2D eigenvalue weighted by Crippen LogP contribution is 2.26. The van der Waals surface area contributed by atoms with E-state index in [2.05, 4.69) is 23.5 Å². The topological polar surface area (TPSA) is 38.3 Å². The molecule has 3 heteroatoms. The number of amides is 1. The molecule has 0 saturated heterocycles. The standard InChI is InChI=1S/C26H27NO2/c1-19(22-16-15-21-11-5-6-12-23(21)17-22)27-26(28)24-13-7-8-14-25(24)29-18-20-9-3-2-4-10-20/h2-4,7-10,13-17,19H,5-6,11-12,18H2,1H3,(H,27,28). The van der Waals surface area contributed by atoms with E-state index in [4.69, 9.17) is 4.74 Å². The van der Waals surface area contributed by atoms with Crippen LogP contribution in [0.25, 0.3) is 0 Å². The number of para-hydroxylation sites is 1. The van der Waals surface area contributed by atoms with Crippen LogP contribution in [0.2, 0.25) is 0 Å². The first-order valence-electron chi connectivity index (χ1n) is 10.4. The van der Waals surface area contributed by atoms with Crippen molar-refractivity contribution in [1.29, 1.82) is 0 Å². The van der Waals surface area contributed by atoms with Gasteiger partial charge in [-0.05, 0) is 67.0 Å². The van der Waals surface area contributed by atoms with Crippen LogP contribution in [0.4, 0.5) is 0 Å². The minimum Gasteiger partial charge on any atom is -0.488 e. The maximum atomic E-state index is 13.0. The molecule has 1 atom stereocenters. The van der Waals surface area contributed by atoms with Crippen LogP contribution in [-0.2, 0) is 19.4 Å². The largest absolute Gasteiger partial charge is 0.488 e. The second-order valence-electron chi connectivity index (χ2n) is 7.70. The monoisotopic (exact) mass is 385 g/mol. The first-order valence-corrected chi connectivity index (χ1v) is 10.4. The lowest BCUT2D eigenvalue weighted by Crippen LogP contribution is -2.27. The van der Waals surface area contributed by atoms with Gasteiger partial charge in [0.1, 0.15) is 12.4 Å². The van der Waals surface area contributed by atoms with Crippen LogP contribution in [0.5, 0.6) is 5.75 Å². The Hall–Kier alpha value is -3.07. The summed E-state index contributed by atoms with van der Waals surface area (Å²) in [6.07, 6.45) is 4.84. The Balaban J connectivity index is 1.45. The maximum absolute atomic E-state index is 13.0. The van der Waals surface area contributed by atoms with Gasteiger partial charge in [0.25, 0.3) is 5.91 Å². The minimum atomic E-state index is -0.112. The lowest BCUT2D eigenvalue weighted by atomic mass is 9.89. The van der Waals surface area contributed by atoms with Crippen molar-refractivity contribution in [3.05, 3.63) is 101 Å². The fourth-order valence-corrected chi connectivity index (χ4v) is 3.90. The summed E-state index contributed by atoms with van der Waals surface area (Å²) >= 11 is 0. The first kappa shape index (κ1) is 19.3. The minimum absolute atomic E-state index is 0.0584. The molecule has 0 saturated carbocycles. The van der Waals surface area contributed by atoms with Crippen LogP contribution in [0.3, 0.4) is 0 Å². The molecule has 1 N–H and O–H groups in total. The van der Waals surface area contributed by atoms with Crippen molar-refractivity contribution in [2.24, 2.45) is 0 Å². The summed E-state index contributed by atoms with van der Waals surface area (Å²) in [5, 5.41) is 3.14. The van der Waals surface area contributed by atoms with Crippen molar-refractivity contribution in [3.8, 4) is 5.75 Å². The zero-order valence-electron chi connectivity index (χ0n) is 16.9. The molecule has 1 amide bonds. The summed E-state index contributed by atoms with van der Waals surface area (Å²) in [6, 6.07) is 24.0. The molecular weight excluding hydrogens is 358 g/mol. The number of nitrogens with one attached hydrogen (secondary N) is 1. The van der Waals surface area contributed by atoms with E-state index in [1.54, 1.807) is 0 Å². The lowest BCUT2D eigenvalue weighted by molar-refractivity contribution is 0.0935. The molecular formula is C26H27NO2. The van der Waals surface area contributed by atoms with Gasteiger partial charge >= 0.3 is 0 Å². The number of rotatable bonds is 6. The van der Waals surface area contributed by atoms with Gasteiger partial charge in [-0.15, -0.1) is 0 Å². The molecule has 0 radical (unpaired) electrons. The highest BCUT2D eigenvalue weighted by molar-refractivity contribution is 5.97. The molecule has 0 bridgehead atoms. The van der Waals surface area contributed by atoms with Gasteiger partial charge in [-0.2, -0.15) is 0 Å². The van der Waals surface area contributed by atoms with Crippen molar-refractivity contribution in [3.63, 3.8) is 0 Å². The molecule has 3 nitrogen and oxygen atoms in total. The second kappa shape index (κ2) is 8.95. The van der Waals surface area contributed by atoms with Gasteiger partial charge in [0.15, 0.2) is 0 Å². The number of carbonyl (C=O) groups excluding carboxylic acids is 1. The number of ether oxygens (including phenoxy) is 1. The van der Waals surface area contributed by atoms with Crippen molar-refractivity contribution >= 4 is 5.91 Å². The molecule has 3 aromatic carbocycles. The summed E-state index contributed by atoms with van der Waals surface area (Å²) in [5.74, 6) is 0.491. The predicted octanol–water partition coefficient (Wildman–Crippen LogP) is 5.64. The van der Waals surface area contributed by atoms with Gasteiger partial charge < -0.3 is 10.1 Å². The third kappa shape index (κ3) is 4.68. The van der Waals surface area contributed by atoms with Gasteiger partial charge in [0.2, 0.25) is 0 Å². The van der Waals surface area contributed by atoms with Crippen LogP contribution in [0.15, 0.2) is 72.8 Å². The first-order chi connectivity index (χ1) is 14.2. The molecule has 4 rings (SSSR count). The Bertz CT molecular complexity index is 981. The molecule has 148 valence electrons. The fourth-order valence-electron chi connectivity index (χ4n) is 3.90. The number of benzene rings is 3. The van der Waals surface area contributed by atoms with Crippen LogP contribution < -0.4 is 10.1 Å². The summed E-state index contributed by atoms with van der Waals surface area (Å²) in [4.78, 5) is 13.0. The average Bonchev–Trinajstić information content (AvgIpc) is 2.78. The quantitative estimate of drug-likeness (QED) is 0.597. The van der Waals surface area contributed by atoms with Crippen molar-refractivity contribution in [2.45, 2.75) is 45.3 Å². The molecule has 1 unspecified atom stereocenters. The summed E-state index contributed by atoms with van der Waals surface area (Å²) in [5.41, 5.74) is 5.68. The van der Waals surface area contributed by atoms with Gasteiger partial charge in [-0.25, -0.2) is 0 Å². The molecule has 29 heavy (non-hydrogen) atoms. The molecule has 0 spiro atoms. The predicted molar refractivity (Wildman–Crippen MR) is 116 cm³/mol. The van der Waals surface area contributed by atoms with E-state index in [0.29, 0.717) is 17.9 Å². The number of hydrogen-bond acceptors (Lipinski definition) is 2. The van der Waals surface area contributed by atoms with E-state index in [0.717, 1.165) is 17.5 Å². The summed E-state index contributed by atoms with van der Waals surface area (Å²) < 4.78 is 5.95. The molecule has 1 aliphatic carbocycles. The number of fused-ring (bicyclic) bond motifs is 1. The highest BCUT2D eigenvalue weighted by Gasteiger charge is 2.17. The molecule has 0 heterocycles. The van der Waals surface area contributed by atoms with E-state index >= 15 is 0 Å². The van der Waals surface area contributed by atoms with Crippen LogP contribution in [-0.4, -0.2) is 5.91 Å². The third-order valence-corrected chi connectivity index (χ3v) is 5.59. The Kier molecular flexibility index (Phi) is 5.95. The lowest BCUT2D eigenvalue weighted by Gasteiger charge is -2.20. The molecule has 0 fully saturated rings. The second-order valence-corrected chi connectivity index (χ2v) is 7.70. The van der Waals surface area contributed by atoms with Gasteiger partial charge in [0, 0.05) is 0 Å². The van der Waals surface area contributed by atoms with Crippen molar-refractivity contribution in [2.75, 3.05) is 0 Å². The van der Waals surface area contributed by atoms with Crippen molar-refractivity contribution < 1.29 is 9.53 Å². The Morgan fingerprint density at radius 2 is 1.66 bits per heavy atom. The number of aryl methyl sites for hydroxylation is 2. The van der Waals surface area contributed by atoms with Gasteiger partial charge in [0.05, 0.1) is 11.6 Å². The molecule has 0 aliphatic heterocycles. The molecule has 3 aromatic rings. The van der Waals surface area contributed by atoms with E-state index < -0.39 is 0 Å². The van der Waals surface area contributed by atoms with E-state index in [1.807, 2.05) is 61.5 Å². The van der Waals surface area contributed by atoms with Gasteiger partial charge in [-0.1, -0.05) is 60.7 Å². The van der Waals surface area contributed by atoms with E-state index in [1.165, 1.54) is 30.4 Å². The molecule has 1 aliphatic rings.